The summed E-state index contributed by atoms with van der Waals surface area (Å²) in [5.74, 6) is -0.990. The lowest BCUT2D eigenvalue weighted by molar-refractivity contribution is -0.385. The fourth-order valence-electron chi connectivity index (χ4n) is 1.90. The number of benzene rings is 1. The van der Waals surface area contributed by atoms with Gasteiger partial charge in [-0.05, 0) is 6.07 Å². The molecule has 24 heavy (non-hydrogen) atoms. The third kappa shape index (κ3) is 3.89. The quantitative estimate of drug-likeness (QED) is 0.498. The van der Waals surface area contributed by atoms with E-state index in [0.29, 0.717) is 18.2 Å². The van der Waals surface area contributed by atoms with E-state index in [9.17, 15) is 32.3 Å². The molecule has 0 radical (unpaired) electrons. The molecule has 1 aliphatic heterocycles. The summed E-state index contributed by atoms with van der Waals surface area (Å²) < 4.78 is 63.2. The first-order valence-electron chi connectivity index (χ1n) is 6.22. The van der Waals surface area contributed by atoms with Crippen LogP contribution in [0.4, 0.5) is 18.9 Å². The summed E-state index contributed by atoms with van der Waals surface area (Å²) in [6.07, 6.45) is -4.01. The van der Waals surface area contributed by atoms with E-state index in [1.807, 2.05) is 0 Å². The number of hydrogen-bond acceptors (Lipinski definition) is 5. The van der Waals surface area contributed by atoms with Gasteiger partial charge in [-0.1, -0.05) is 0 Å². The molecular formula is C12H9F3N2O6S. The Balaban J connectivity index is 2.45. The van der Waals surface area contributed by atoms with Crippen molar-refractivity contribution in [3.8, 4) is 0 Å². The maximum absolute atomic E-state index is 12.8. The molecule has 2 rings (SSSR count). The monoisotopic (exact) mass is 366 g/mol. The number of nitrogens with zero attached hydrogens (tertiary/aromatic N) is 2. The highest BCUT2D eigenvalue weighted by Crippen LogP contribution is 2.33. The number of rotatable bonds is 3. The van der Waals surface area contributed by atoms with Crippen LogP contribution in [-0.2, 0) is 22.0 Å². The maximum Gasteiger partial charge on any atom is 0.416 e. The van der Waals surface area contributed by atoms with Crippen molar-refractivity contribution in [2.24, 2.45) is 0 Å². The van der Waals surface area contributed by atoms with Gasteiger partial charge < -0.3 is 9.64 Å². The highest BCUT2D eigenvalue weighted by molar-refractivity contribution is 7.83. The summed E-state index contributed by atoms with van der Waals surface area (Å²) >= 11 is -2.52. The van der Waals surface area contributed by atoms with Crippen LogP contribution in [0.2, 0.25) is 0 Å². The molecule has 0 saturated heterocycles. The van der Waals surface area contributed by atoms with Crippen molar-refractivity contribution in [1.82, 2.24) is 4.90 Å². The molecule has 1 atom stereocenters. The van der Waals surface area contributed by atoms with Crippen LogP contribution in [0, 0.1) is 10.1 Å². The molecule has 8 nitrogen and oxygen atoms in total. The number of carbonyl (C=O) groups excluding carboxylic acids is 1. The normalized spacial score (nSPS) is 16.2. The van der Waals surface area contributed by atoms with E-state index in [2.05, 4.69) is 0 Å². The Morgan fingerprint density at radius 1 is 1.38 bits per heavy atom. The maximum atomic E-state index is 12.8. The number of halogens is 3. The number of amides is 1. The Hall–Kier alpha value is -2.47. The van der Waals surface area contributed by atoms with Crippen molar-refractivity contribution in [3.63, 3.8) is 0 Å². The van der Waals surface area contributed by atoms with Crippen molar-refractivity contribution in [2.75, 3.05) is 13.2 Å². The summed E-state index contributed by atoms with van der Waals surface area (Å²) in [5.41, 5.74) is -2.81. The highest BCUT2D eigenvalue weighted by atomic mass is 32.2. The van der Waals surface area contributed by atoms with Crippen LogP contribution in [0.5, 0.6) is 0 Å². The topological polar surface area (TPSA) is 110 Å². The van der Waals surface area contributed by atoms with Gasteiger partial charge in [0.05, 0.1) is 23.2 Å². The van der Waals surface area contributed by atoms with Gasteiger partial charge in [-0.25, -0.2) is 4.21 Å². The molecule has 1 N–H and O–H groups in total. The molecular weight excluding hydrogens is 357 g/mol. The lowest BCUT2D eigenvalue weighted by atomic mass is 10.1. The largest absolute Gasteiger partial charge is 0.480 e. The lowest BCUT2D eigenvalue weighted by Crippen LogP contribution is -2.33. The van der Waals surface area contributed by atoms with Crippen LogP contribution >= 0.6 is 0 Å². The fraction of sp³-hybridized carbons (Fsp3) is 0.250. The molecule has 0 saturated carbocycles. The smallest absolute Gasteiger partial charge is 0.416 e. The third-order valence-corrected chi connectivity index (χ3v) is 3.54. The van der Waals surface area contributed by atoms with E-state index in [0.717, 1.165) is 11.1 Å². The third-order valence-electron chi connectivity index (χ3n) is 2.97. The zero-order valence-corrected chi connectivity index (χ0v) is 12.5. The van der Waals surface area contributed by atoms with Gasteiger partial charge in [0, 0.05) is 17.7 Å². The van der Waals surface area contributed by atoms with E-state index < -0.39 is 50.0 Å². The van der Waals surface area contributed by atoms with Gasteiger partial charge in [0.2, 0.25) is 16.2 Å². The zero-order valence-electron chi connectivity index (χ0n) is 11.6. The molecule has 1 amide bonds. The number of nitro groups is 1. The first-order chi connectivity index (χ1) is 11.1. The Morgan fingerprint density at radius 3 is 2.58 bits per heavy atom. The van der Waals surface area contributed by atoms with E-state index in [-0.39, 0.29) is 13.2 Å². The van der Waals surface area contributed by atoms with Crippen molar-refractivity contribution < 1.29 is 36.4 Å². The summed E-state index contributed by atoms with van der Waals surface area (Å²) in [7, 11) is 0. The Labute approximate surface area is 134 Å². The van der Waals surface area contributed by atoms with Crippen LogP contribution in [0.25, 0.3) is 0 Å². The van der Waals surface area contributed by atoms with Gasteiger partial charge in [0.15, 0.2) is 0 Å². The predicted octanol–water partition coefficient (Wildman–Crippen LogP) is 2.11. The average molecular weight is 366 g/mol. The molecule has 0 aliphatic carbocycles. The average Bonchev–Trinajstić information content (AvgIpc) is 2.53. The van der Waals surface area contributed by atoms with Crippen molar-refractivity contribution in [1.29, 1.82) is 0 Å². The minimum Gasteiger partial charge on any atom is -0.480 e. The van der Waals surface area contributed by atoms with Crippen molar-refractivity contribution in [2.45, 2.75) is 6.18 Å². The number of hydrogen-bond donors (Lipinski definition) is 1. The number of non-ortho nitro benzene ring substituents is 1. The number of alkyl halides is 3. The zero-order chi connectivity index (χ0) is 18.1. The molecule has 12 heteroatoms. The minimum absolute atomic E-state index is 0.0937. The van der Waals surface area contributed by atoms with Crippen molar-refractivity contribution >= 4 is 22.7 Å². The van der Waals surface area contributed by atoms with Crippen LogP contribution in [0.3, 0.4) is 0 Å². The molecule has 1 aromatic rings. The Kier molecular flexibility index (Phi) is 4.89. The summed E-state index contributed by atoms with van der Waals surface area (Å²) in [6, 6.07) is 1.50. The molecule has 0 aromatic heterocycles. The standard InChI is InChI=1S/C12H9F3N2O6S/c13-12(14,15)8-3-7(4-9(5-8)17(19)20)11(18)16-1-2-23-10(6-16)24(21)22/h3-6H,1-2H2,(H,21,22). The summed E-state index contributed by atoms with van der Waals surface area (Å²) in [6.45, 7) is -0.242. The van der Waals surface area contributed by atoms with Crippen LogP contribution in [0.1, 0.15) is 15.9 Å². The molecule has 0 spiro atoms. The molecule has 1 heterocycles. The minimum atomic E-state index is -4.88. The van der Waals surface area contributed by atoms with E-state index in [4.69, 9.17) is 9.29 Å². The van der Waals surface area contributed by atoms with Crippen LogP contribution < -0.4 is 0 Å². The Bertz CT molecular complexity index is 749. The molecule has 1 aliphatic rings. The van der Waals surface area contributed by atoms with E-state index in [1.54, 1.807) is 0 Å². The van der Waals surface area contributed by atoms with E-state index in [1.165, 1.54) is 0 Å². The first-order valence-corrected chi connectivity index (χ1v) is 7.33. The van der Waals surface area contributed by atoms with Gasteiger partial charge >= 0.3 is 6.18 Å². The number of ether oxygens (including phenoxy) is 1. The van der Waals surface area contributed by atoms with Crippen LogP contribution in [-0.4, -0.2) is 37.6 Å². The van der Waals surface area contributed by atoms with Crippen LogP contribution in [0.15, 0.2) is 29.5 Å². The first kappa shape index (κ1) is 17.9. The molecule has 1 unspecified atom stereocenters. The second-order valence-corrected chi connectivity index (χ2v) is 5.47. The molecule has 130 valence electrons. The lowest BCUT2D eigenvalue weighted by Gasteiger charge is -2.24. The second-order valence-electron chi connectivity index (χ2n) is 4.57. The van der Waals surface area contributed by atoms with Gasteiger partial charge in [-0.2, -0.15) is 13.2 Å². The predicted molar refractivity (Wildman–Crippen MR) is 73.9 cm³/mol. The van der Waals surface area contributed by atoms with Gasteiger partial charge in [0.25, 0.3) is 11.6 Å². The highest BCUT2D eigenvalue weighted by Gasteiger charge is 2.34. The van der Waals surface area contributed by atoms with E-state index >= 15 is 0 Å². The Morgan fingerprint density at radius 2 is 2.04 bits per heavy atom. The summed E-state index contributed by atoms with van der Waals surface area (Å²) in [4.78, 5) is 22.9. The summed E-state index contributed by atoms with van der Waals surface area (Å²) in [5, 5.41) is 10.3. The molecule has 0 bridgehead atoms. The number of nitro benzene ring substituents is 1. The molecule has 0 fully saturated rings. The van der Waals surface area contributed by atoms with Crippen molar-refractivity contribution in [3.05, 3.63) is 50.7 Å². The molecule has 1 aromatic carbocycles. The van der Waals surface area contributed by atoms with Gasteiger partial charge in [-0.3, -0.25) is 19.5 Å². The fourth-order valence-corrected chi connectivity index (χ4v) is 2.30. The SMILES string of the molecule is O=C(c1cc([N+](=O)[O-])cc(C(F)(F)F)c1)N1C=C(S(=O)O)OCC1. The number of carbonyl (C=O) groups is 1. The van der Waals surface area contributed by atoms with Gasteiger partial charge in [-0.15, -0.1) is 0 Å². The second kappa shape index (κ2) is 6.57. The van der Waals surface area contributed by atoms with Gasteiger partial charge in [0.1, 0.15) is 6.61 Å².